The average molecular weight is 420 g/mol. The maximum atomic E-state index is 12.7. The van der Waals surface area contributed by atoms with Gasteiger partial charge in [0.1, 0.15) is 6.04 Å². The van der Waals surface area contributed by atoms with Crippen LogP contribution < -0.4 is 5.32 Å². The van der Waals surface area contributed by atoms with Crippen molar-refractivity contribution in [2.75, 3.05) is 33.0 Å². The Kier molecular flexibility index (Phi) is 9.17. The minimum atomic E-state index is -3.53. The van der Waals surface area contributed by atoms with Gasteiger partial charge in [0, 0.05) is 31.8 Å². The summed E-state index contributed by atoms with van der Waals surface area (Å²) in [5, 5.41) is 12.0. The number of benzene rings is 1. The van der Waals surface area contributed by atoms with Crippen molar-refractivity contribution in [3.05, 3.63) is 34.9 Å². The number of likely N-dealkylation sites (N-methyl/N-ethyl adjacent to an activating group) is 1. The lowest BCUT2D eigenvalue weighted by atomic mass is 10.1. The third-order valence-electron chi connectivity index (χ3n) is 3.99. The summed E-state index contributed by atoms with van der Waals surface area (Å²) in [6, 6.07) is 6.00. The van der Waals surface area contributed by atoms with Crippen molar-refractivity contribution in [1.29, 1.82) is 0 Å². The van der Waals surface area contributed by atoms with E-state index in [2.05, 4.69) is 5.32 Å². The van der Waals surface area contributed by atoms with Crippen molar-refractivity contribution in [2.24, 2.45) is 0 Å². The first-order valence-electron chi connectivity index (χ1n) is 8.40. The van der Waals surface area contributed by atoms with Crippen LogP contribution in [0.1, 0.15) is 18.9 Å². The molecule has 0 aliphatic carbocycles. The van der Waals surface area contributed by atoms with Gasteiger partial charge in [-0.25, -0.2) is 8.42 Å². The van der Waals surface area contributed by atoms with Crippen LogP contribution >= 0.6 is 11.6 Å². The van der Waals surface area contributed by atoms with Crippen molar-refractivity contribution in [1.82, 2.24) is 14.5 Å². The summed E-state index contributed by atoms with van der Waals surface area (Å²) in [4.78, 5) is 26.4. The number of nitrogens with one attached hydrogen (secondary N) is 1. The smallest absolute Gasteiger partial charge is 0.242 e. The molecule has 1 atom stereocenters. The van der Waals surface area contributed by atoms with E-state index < -0.39 is 22.0 Å². The number of hydrogen-bond acceptors (Lipinski definition) is 5. The van der Waals surface area contributed by atoms with E-state index >= 15 is 0 Å². The van der Waals surface area contributed by atoms with Crippen LogP contribution in [0.4, 0.5) is 0 Å². The predicted octanol–water partition coefficient (Wildman–Crippen LogP) is 0.447. The fourth-order valence-electron chi connectivity index (χ4n) is 2.21. The fraction of sp³-hybridized carbons (Fsp3) is 0.529. The number of halogens is 1. The zero-order chi connectivity index (χ0) is 20.6. The fourth-order valence-corrected chi connectivity index (χ4v) is 2.68. The molecule has 27 heavy (non-hydrogen) atoms. The highest BCUT2D eigenvalue weighted by atomic mass is 35.5. The number of hydrogen-bond donors (Lipinski definition) is 2. The first-order chi connectivity index (χ1) is 12.6. The Hall–Kier alpha value is -1.68. The second-order valence-corrected chi connectivity index (χ2v) is 8.74. The number of sulfonamides is 1. The molecule has 0 aliphatic heterocycles. The summed E-state index contributed by atoms with van der Waals surface area (Å²) in [6.45, 7) is 1.55. The lowest BCUT2D eigenvalue weighted by molar-refractivity contribution is -0.140. The van der Waals surface area contributed by atoms with Gasteiger partial charge in [-0.2, -0.15) is 4.31 Å². The Labute approximate surface area is 165 Å². The van der Waals surface area contributed by atoms with Crippen molar-refractivity contribution in [2.45, 2.75) is 25.9 Å². The van der Waals surface area contributed by atoms with E-state index in [4.69, 9.17) is 16.7 Å². The van der Waals surface area contributed by atoms with Crippen molar-refractivity contribution < 1.29 is 23.1 Å². The predicted molar refractivity (Wildman–Crippen MR) is 104 cm³/mol. The van der Waals surface area contributed by atoms with E-state index in [1.807, 2.05) is 0 Å². The van der Waals surface area contributed by atoms with E-state index in [-0.39, 0.29) is 32.1 Å². The van der Waals surface area contributed by atoms with Gasteiger partial charge in [-0.3, -0.25) is 9.59 Å². The van der Waals surface area contributed by atoms with Crippen LogP contribution in [-0.2, 0) is 26.2 Å². The minimum Gasteiger partial charge on any atom is -0.396 e. The van der Waals surface area contributed by atoms with Gasteiger partial charge in [0.2, 0.25) is 21.8 Å². The van der Waals surface area contributed by atoms with Crippen LogP contribution in [0.3, 0.4) is 0 Å². The monoisotopic (exact) mass is 419 g/mol. The third-order valence-corrected chi connectivity index (χ3v) is 5.51. The van der Waals surface area contributed by atoms with E-state index in [0.717, 1.165) is 16.1 Å². The molecular weight excluding hydrogens is 394 g/mol. The molecule has 0 fully saturated rings. The second kappa shape index (κ2) is 10.6. The summed E-state index contributed by atoms with van der Waals surface area (Å²) in [6.07, 6.45) is 1.41. The van der Waals surface area contributed by atoms with E-state index in [1.54, 1.807) is 31.2 Å². The quantitative estimate of drug-likeness (QED) is 0.535. The molecule has 1 aromatic rings. The maximum Gasteiger partial charge on any atom is 0.242 e. The highest BCUT2D eigenvalue weighted by molar-refractivity contribution is 7.88. The van der Waals surface area contributed by atoms with Gasteiger partial charge in [-0.15, -0.1) is 0 Å². The topological polar surface area (TPSA) is 107 Å². The number of carbonyl (C=O) groups excluding carboxylic acids is 2. The maximum absolute atomic E-state index is 12.7. The highest BCUT2D eigenvalue weighted by Gasteiger charge is 2.28. The molecule has 0 saturated heterocycles. The molecule has 0 heterocycles. The zero-order valence-electron chi connectivity index (χ0n) is 15.7. The third kappa shape index (κ3) is 7.84. The van der Waals surface area contributed by atoms with Crippen LogP contribution in [0.15, 0.2) is 24.3 Å². The molecule has 2 amide bonds. The van der Waals surface area contributed by atoms with Gasteiger partial charge in [0.15, 0.2) is 0 Å². The zero-order valence-corrected chi connectivity index (χ0v) is 17.3. The Balaban J connectivity index is 2.98. The largest absolute Gasteiger partial charge is 0.396 e. The molecule has 0 spiro atoms. The molecule has 0 unspecified atom stereocenters. The molecule has 2 N–H and O–H groups in total. The molecule has 0 aliphatic rings. The molecule has 0 aromatic heterocycles. The molecule has 1 aromatic carbocycles. The van der Waals surface area contributed by atoms with Crippen LogP contribution in [0, 0.1) is 0 Å². The molecule has 8 nitrogen and oxygen atoms in total. The molecule has 1 rings (SSSR count). The van der Waals surface area contributed by atoms with Crippen molar-refractivity contribution in [3.63, 3.8) is 0 Å². The average Bonchev–Trinajstić information content (AvgIpc) is 2.59. The normalized spacial score (nSPS) is 12.7. The number of carbonyl (C=O) groups is 2. The molecule has 0 saturated carbocycles. The van der Waals surface area contributed by atoms with Crippen molar-refractivity contribution >= 4 is 33.4 Å². The molecule has 10 heteroatoms. The Morgan fingerprint density at radius 2 is 1.85 bits per heavy atom. The highest BCUT2D eigenvalue weighted by Crippen LogP contribution is 2.14. The van der Waals surface area contributed by atoms with E-state index in [1.165, 1.54) is 11.9 Å². The molecule has 0 bridgehead atoms. The lowest BCUT2D eigenvalue weighted by Gasteiger charge is -2.30. The van der Waals surface area contributed by atoms with Crippen molar-refractivity contribution in [3.8, 4) is 0 Å². The van der Waals surface area contributed by atoms with Gasteiger partial charge in [-0.1, -0.05) is 23.7 Å². The number of nitrogens with zero attached hydrogens (tertiary/aromatic N) is 2. The number of amides is 2. The van der Waals surface area contributed by atoms with E-state index in [9.17, 15) is 18.0 Å². The lowest BCUT2D eigenvalue weighted by Crippen LogP contribution is -2.50. The van der Waals surface area contributed by atoms with Gasteiger partial charge >= 0.3 is 0 Å². The standard InChI is InChI=1S/C17H26ClN3O5S/c1-13(17(24)19-9-4-10-22)21(11-14-5-7-15(18)8-6-14)16(23)12-20(2)27(3,25)26/h5-8,13,22H,4,9-12H2,1-3H3,(H,19,24)/t13-/m1/s1. The van der Waals surface area contributed by atoms with Gasteiger partial charge in [0.25, 0.3) is 0 Å². The van der Waals surface area contributed by atoms with Gasteiger partial charge in [0.05, 0.1) is 12.8 Å². The molecular formula is C17H26ClN3O5S. The molecule has 152 valence electrons. The van der Waals surface area contributed by atoms with Gasteiger partial charge < -0.3 is 15.3 Å². The first kappa shape index (κ1) is 23.4. The number of aliphatic hydroxyl groups excluding tert-OH is 1. The van der Waals surface area contributed by atoms with Crippen LogP contribution in [0.5, 0.6) is 0 Å². The summed E-state index contributed by atoms with van der Waals surface area (Å²) in [5.41, 5.74) is 0.754. The Morgan fingerprint density at radius 1 is 1.26 bits per heavy atom. The van der Waals surface area contributed by atoms with Gasteiger partial charge in [-0.05, 0) is 31.0 Å². The number of aliphatic hydroxyl groups is 1. The summed E-state index contributed by atoms with van der Waals surface area (Å²) >= 11 is 5.88. The van der Waals surface area contributed by atoms with E-state index in [0.29, 0.717) is 11.4 Å². The molecule has 0 radical (unpaired) electrons. The second-order valence-electron chi connectivity index (χ2n) is 6.21. The van der Waals surface area contributed by atoms with Crippen LogP contribution in [-0.4, -0.2) is 73.6 Å². The Morgan fingerprint density at radius 3 is 2.37 bits per heavy atom. The first-order valence-corrected chi connectivity index (χ1v) is 10.6. The van der Waals surface area contributed by atoms with Crippen LogP contribution in [0.2, 0.25) is 5.02 Å². The summed E-state index contributed by atoms with van der Waals surface area (Å²) in [5.74, 6) is -0.879. The minimum absolute atomic E-state index is 0.0543. The van der Waals surface area contributed by atoms with Crippen LogP contribution in [0.25, 0.3) is 0 Å². The SMILES string of the molecule is C[C@H](C(=O)NCCCO)N(Cc1ccc(Cl)cc1)C(=O)CN(C)S(C)(=O)=O. The number of rotatable bonds is 10. The summed E-state index contributed by atoms with van der Waals surface area (Å²) in [7, 11) is -2.23. The summed E-state index contributed by atoms with van der Waals surface area (Å²) < 4.78 is 24.1. The Bertz CT molecular complexity index is 739.